The van der Waals surface area contributed by atoms with Crippen LogP contribution in [0.1, 0.15) is 41.3 Å². The quantitative estimate of drug-likeness (QED) is 0.330. The highest BCUT2D eigenvalue weighted by Crippen LogP contribution is 2.39. The molecule has 4 heterocycles. The maximum atomic E-state index is 12.2. The van der Waals surface area contributed by atoms with Gasteiger partial charge in [0.15, 0.2) is 0 Å². The van der Waals surface area contributed by atoms with E-state index in [1.54, 1.807) is 12.1 Å². The normalized spacial score (nSPS) is 17.7. The zero-order valence-corrected chi connectivity index (χ0v) is 25.6. The predicted molar refractivity (Wildman–Crippen MR) is 171 cm³/mol. The lowest BCUT2D eigenvalue weighted by molar-refractivity contribution is -0.126. The Morgan fingerprint density at radius 2 is 1.86 bits per heavy atom. The number of aromatic nitrogens is 2. The number of anilines is 2. The Hall–Kier alpha value is -3.89. The summed E-state index contributed by atoms with van der Waals surface area (Å²) in [6.07, 6.45) is 8.89. The van der Waals surface area contributed by atoms with Crippen molar-refractivity contribution in [3.63, 3.8) is 0 Å². The van der Waals surface area contributed by atoms with Crippen molar-refractivity contribution in [2.75, 3.05) is 82.0 Å². The van der Waals surface area contributed by atoms with Gasteiger partial charge in [0.25, 0.3) is 0 Å². The number of hydrogen-bond donors (Lipinski definition) is 1. The average molecular weight is 589 g/mol. The zero-order valence-electron chi connectivity index (χ0n) is 25.6. The number of amides is 1. The third-order valence-corrected chi connectivity index (χ3v) is 8.51. The van der Waals surface area contributed by atoms with Gasteiger partial charge < -0.3 is 29.3 Å². The van der Waals surface area contributed by atoms with Gasteiger partial charge in [0.05, 0.1) is 37.7 Å². The number of rotatable bonds is 10. The fraction of sp³-hybridized carbons (Fsp3) is 0.485. The number of phenolic OH excluding ortho intramolecular Hbond substituents is 1. The highest BCUT2D eigenvalue weighted by Gasteiger charge is 2.30. The van der Waals surface area contributed by atoms with Crippen LogP contribution in [-0.4, -0.2) is 103 Å². The molecule has 1 N–H and O–H groups in total. The summed E-state index contributed by atoms with van der Waals surface area (Å²) < 4.78 is 11.6. The molecule has 1 amide bonds. The molecule has 230 valence electrons. The van der Waals surface area contributed by atoms with E-state index in [0.29, 0.717) is 45.3 Å². The minimum absolute atomic E-state index is 0.0402. The number of fused-ring (bicyclic) bond motifs is 1. The van der Waals surface area contributed by atoms with Gasteiger partial charge in [-0.3, -0.25) is 9.69 Å². The summed E-state index contributed by atoms with van der Waals surface area (Å²) in [5.74, 6) is 1.11. The first-order valence-corrected chi connectivity index (χ1v) is 15.3. The van der Waals surface area contributed by atoms with Gasteiger partial charge in [-0.2, -0.15) is 9.97 Å². The Labute approximate surface area is 254 Å². The van der Waals surface area contributed by atoms with Gasteiger partial charge in [-0.05, 0) is 44.4 Å². The van der Waals surface area contributed by atoms with Crippen molar-refractivity contribution in [2.24, 2.45) is 0 Å². The second-order valence-electron chi connectivity index (χ2n) is 11.2. The van der Waals surface area contributed by atoms with Crippen molar-refractivity contribution in [3.05, 3.63) is 59.3 Å². The number of hydrogen-bond acceptors (Lipinski definition) is 9. The molecule has 2 aromatic rings. The molecule has 5 rings (SSSR count). The molecule has 2 fully saturated rings. The number of phenols is 1. The minimum atomic E-state index is -0.0402. The number of ether oxygens (including phenoxy) is 2. The molecule has 0 unspecified atom stereocenters. The third kappa shape index (κ3) is 6.86. The van der Waals surface area contributed by atoms with Crippen LogP contribution < -0.4 is 14.5 Å². The van der Waals surface area contributed by atoms with E-state index in [1.807, 2.05) is 24.8 Å². The van der Waals surface area contributed by atoms with E-state index >= 15 is 0 Å². The molecule has 43 heavy (non-hydrogen) atoms. The van der Waals surface area contributed by atoms with Crippen LogP contribution >= 0.6 is 0 Å². The maximum Gasteiger partial charge on any atom is 0.318 e. The van der Waals surface area contributed by atoms with Crippen molar-refractivity contribution in [2.45, 2.75) is 33.2 Å². The first-order chi connectivity index (χ1) is 20.9. The van der Waals surface area contributed by atoms with Crippen molar-refractivity contribution in [1.82, 2.24) is 19.8 Å². The van der Waals surface area contributed by atoms with Crippen LogP contribution in [0.4, 0.5) is 11.5 Å². The highest BCUT2D eigenvalue weighted by molar-refractivity contribution is 5.87. The van der Waals surface area contributed by atoms with E-state index in [0.717, 1.165) is 91.7 Å². The zero-order chi connectivity index (χ0) is 30.3. The standard InChI is InChI=1S/C33H44N6O4/c1-5-9-26-25(6-2)22-29(40)24(4)31(26)39-12-10-27-28(23-39)34-33(43-19-8-11-36-17-20-42-21-18-36)35-32(27)38-15-13-37(14-16-38)30(41)7-3/h5-7,9,22,40H,2-3,8,10-21,23H2,1,4H3/b9-5-. The van der Waals surface area contributed by atoms with Crippen LogP contribution in [0.3, 0.4) is 0 Å². The number of nitrogens with zero attached hydrogens (tertiary/aromatic N) is 6. The molecule has 3 aliphatic rings. The topological polar surface area (TPSA) is 94.5 Å². The molecule has 0 spiro atoms. The van der Waals surface area contributed by atoms with Crippen molar-refractivity contribution >= 4 is 29.6 Å². The first kappa shape index (κ1) is 30.6. The second kappa shape index (κ2) is 14.1. The fourth-order valence-electron chi connectivity index (χ4n) is 6.16. The summed E-state index contributed by atoms with van der Waals surface area (Å²) >= 11 is 0. The third-order valence-electron chi connectivity index (χ3n) is 8.51. The average Bonchev–Trinajstić information content (AvgIpc) is 3.04. The number of aromatic hydroxyl groups is 1. The van der Waals surface area contributed by atoms with Crippen LogP contribution in [0.15, 0.2) is 31.4 Å². The lowest BCUT2D eigenvalue weighted by atomic mass is 9.96. The lowest BCUT2D eigenvalue weighted by Crippen LogP contribution is -2.49. The van der Waals surface area contributed by atoms with Gasteiger partial charge in [0.1, 0.15) is 11.6 Å². The summed E-state index contributed by atoms with van der Waals surface area (Å²) in [6.45, 7) is 20.4. The molecule has 0 saturated carbocycles. The van der Waals surface area contributed by atoms with Gasteiger partial charge >= 0.3 is 6.01 Å². The number of benzene rings is 1. The number of piperazine rings is 1. The van der Waals surface area contributed by atoms with Gasteiger partial charge in [-0.1, -0.05) is 31.4 Å². The lowest BCUT2D eigenvalue weighted by Gasteiger charge is -2.38. The summed E-state index contributed by atoms with van der Waals surface area (Å²) in [5, 5.41) is 10.8. The molecule has 3 aliphatic heterocycles. The van der Waals surface area contributed by atoms with Crippen LogP contribution in [0.25, 0.3) is 12.2 Å². The van der Waals surface area contributed by atoms with Gasteiger partial charge in [0.2, 0.25) is 5.91 Å². The van der Waals surface area contributed by atoms with Crippen LogP contribution in [0, 0.1) is 6.92 Å². The minimum Gasteiger partial charge on any atom is -0.508 e. The number of morpholine rings is 1. The van der Waals surface area contributed by atoms with E-state index in [2.05, 4.69) is 33.9 Å². The molecule has 0 bridgehead atoms. The molecule has 1 aromatic carbocycles. The Bertz CT molecular complexity index is 1360. The summed E-state index contributed by atoms with van der Waals surface area (Å²) in [7, 11) is 0. The second-order valence-corrected chi connectivity index (χ2v) is 11.2. The molecular weight excluding hydrogens is 544 g/mol. The highest BCUT2D eigenvalue weighted by atomic mass is 16.5. The summed E-state index contributed by atoms with van der Waals surface area (Å²) in [5.41, 5.74) is 5.80. The molecule has 1 aromatic heterocycles. The molecule has 10 heteroatoms. The van der Waals surface area contributed by atoms with E-state index in [1.165, 1.54) is 6.08 Å². The van der Waals surface area contributed by atoms with Crippen molar-refractivity contribution in [3.8, 4) is 11.8 Å². The number of carbonyl (C=O) groups excluding carboxylic acids is 1. The number of carbonyl (C=O) groups is 1. The SMILES string of the molecule is C=CC(=O)N1CCN(c2nc(OCCCN3CCOCC3)nc3c2CCN(c2c(C)c(O)cc(C=C)c2/C=C\C)C3)CC1. The first-order valence-electron chi connectivity index (χ1n) is 15.3. The van der Waals surface area contributed by atoms with E-state index < -0.39 is 0 Å². The molecule has 0 aliphatic carbocycles. The largest absolute Gasteiger partial charge is 0.508 e. The molecule has 10 nitrogen and oxygen atoms in total. The molecule has 0 atom stereocenters. The van der Waals surface area contributed by atoms with Crippen LogP contribution in [0.2, 0.25) is 0 Å². The van der Waals surface area contributed by atoms with Gasteiger partial charge in [0, 0.05) is 69.0 Å². The Morgan fingerprint density at radius 3 is 2.56 bits per heavy atom. The fourth-order valence-corrected chi connectivity index (χ4v) is 6.16. The van der Waals surface area contributed by atoms with Gasteiger partial charge in [-0.15, -0.1) is 0 Å². The monoisotopic (exact) mass is 588 g/mol. The van der Waals surface area contributed by atoms with E-state index in [9.17, 15) is 9.90 Å². The number of allylic oxidation sites excluding steroid dienone is 1. The molecular formula is C33H44N6O4. The van der Waals surface area contributed by atoms with Crippen molar-refractivity contribution < 1.29 is 19.4 Å². The van der Waals surface area contributed by atoms with Gasteiger partial charge in [-0.25, -0.2) is 0 Å². The molecule has 0 radical (unpaired) electrons. The van der Waals surface area contributed by atoms with E-state index in [4.69, 9.17) is 19.4 Å². The van der Waals surface area contributed by atoms with Crippen LogP contribution in [0.5, 0.6) is 11.8 Å². The van der Waals surface area contributed by atoms with Crippen molar-refractivity contribution in [1.29, 1.82) is 0 Å². The van der Waals surface area contributed by atoms with Crippen LogP contribution in [-0.2, 0) is 22.5 Å². The van der Waals surface area contributed by atoms with E-state index in [-0.39, 0.29) is 11.7 Å². The predicted octanol–water partition coefficient (Wildman–Crippen LogP) is 3.67. The Morgan fingerprint density at radius 1 is 1.09 bits per heavy atom. The summed E-state index contributed by atoms with van der Waals surface area (Å²) in [4.78, 5) is 30.8. The molecule has 2 saturated heterocycles. The smallest absolute Gasteiger partial charge is 0.318 e. The summed E-state index contributed by atoms with van der Waals surface area (Å²) in [6, 6.07) is 2.16. The maximum absolute atomic E-state index is 12.2. The Kier molecular flexibility index (Phi) is 9.99. The Balaban J connectivity index is 1.42.